The summed E-state index contributed by atoms with van der Waals surface area (Å²) in [6.45, 7) is 2.31. The Kier molecular flexibility index (Phi) is 13.4. The molecule has 4 heteroatoms. The van der Waals surface area contributed by atoms with Crippen LogP contribution in [0.3, 0.4) is 0 Å². The highest BCUT2D eigenvalue weighted by atomic mass is 79.9. The van der Waals surface area contributed by atoms with E-state index in [0.29, 0.717) is 0 Å². The maximum Gasteiger partial charge on any atom is 0.168 e. The molecule has 22 heavy (non-hydrogen) atoms. The number of rotatable bonds is 9. The van der Waals surface area contributed by atoms with Crippen molar-refractivity contribution in [3.63, 3.8) is 0 Å². The van der Waals surface area contributed by atoms with Crippen LogP contribution < -0.4 is 43.1 Å². The van der Waals surface area contributed by atoms with Gasteiger partial charge in [-0.1, -0.05) is 25.0 Å². The second kappa shape index (κ2) is 13.9. The molecule has 0 saturated heterocycles. The average molecular weight is 430 g/mol. The predicted molar refractivity (Wildman–Crippen MR) is 81.0 cm³/mol. The number of aryl methyl sites for hydroxylation is 2. The third-order valence-electron chi connectivity index (χ3n) is 3.64. The zero-order chi connectivity index (χ0) is 13.9. The van der Waals surface area contributed by atoms with Crippen LogP contribution in [0.5, 0.6) is 0 Å². The number of nitrogens with zero attached hydrogens (tertiary/aromatic N) is 2. The van der Waals surface area contributed by atoms with Gasteiger partial charge in [0.2, 0.25) is 0 Å². The summed E-state index contributed by atoms with van der Waals surface area (Å²) in [7, 11) is 0. The predicted octanol–water partition coefficient (Wildman–Crippen LogP) is -2.69. The van der Waals surface area contributed by atoms with E-state index in [4.69, 9.17) is 0 Å². The van der Waals surface area contributed by atoms with Crippen LogP contribution in [0, 0.1) is 0 Å². The Morgan fingerprint density at radius 1 is 0.409 bits per heavy atom. The molecule has 0 atom stereocenters. The van der Waals surface area contributed by atoms with Gasteiger partial charge in [0.25, 0.3) is 0 Å². The summed E-state index contributed by atoms with van der Waals surface area (Å²) in [6, 6.07) is 12.5. The lowest BCUT2D eigenvalue weighted by Gasteiger charge is -2.00. The van der Waals surface area contributed by atoms with E-state index in [9.17, 15) is 0 Å². The Balaban J connectivity index is 0.00000220. The van der Waals surface area contributed by atoms with Crippen LogP contribution >= 0.6 is 0 Å². The molecule has 0 radical (unpaired) electrons. The molecule has 0 aromatic carbocycles. The molecule has 122 valence electrons. The first-order chi connectivity index (χ1) is 9.95. The van der Waals surface area contributed by atoms with Gasteiger partial charge in [0, 0.05) is 37.1 Å². The third-order valence-corrected chi connectivity index (χ3v) is 3.64. The van der Waals surface area contributed by atoms with Gasteiger partial charge in [-0.25, -0.2) is 9.13 Å². The Labute approximate surface area is 155 Å². The van der Waals surface area contributed by atoms with Crippen LogP contribution in [0.4, 0.5) is 0 Å². The van der Waals surface area contributed by atoms with Gasteiger partial charge in [-0.3, -0.25) is 0 Å². The highest BCUT2D eigenvalue weighted by Gasteiger charge is 1.99. The summed E-state index contributed by atoms with van der Waals surface area (Å²) in [5.74, 6) is 0. The molecular weight excluding hydrogens is 404 g/mol. The third kappa shape index (κ3) is 9.31. The molecular formula is C18H26Br2N2. The fourth-order valence-electron chi connectivity index (χ4n) is 2.46. The monoisotopic (exact) mass is 428 g/mol. The van der Waals surface area contributed by atoms with E-state index in [-0.39, 0.29) is 34.0 Å². The van der Waals surface area contributed by atoms with Crippen molar-refractivity contribution in [3.8, 4) is 0 Å². The summed E-state index contributed by atoms with van der Waals surface area (Å²) in [4.78, 5) is 0. The zero-order valence-corrected chi connectivity index (χ0v) is 16.3. The van der Waals surface area contributed by atoms with Crippen LogP contribution in [-0.4, -0.2) is 0 Å². The number of unbranched alkanes of at least 4 members (excludes halogenated alkanes) is 5. The number of halogens is 2. The summed E-state index contributed by atoms with van der Waals surface area (Å²) in [5.41, 5.74) is 0. The molecule has 0 bridgehead atoms. The molecule has 2 heterocycles. The molecule has 0 N–H and O–H groups in total. The summed E-state index contributed by atoms with van der Waals surface area (Å²) in [6.07, 6.45) is 16.6. The largest absolute Gasteiger partial charge is 1.00 e. The SMILES string of the molecule is [Br-].[Br-].c1cc[n+](CCCCCCCC[n+]2ccccc2)cc1. The Morgan fingerprint density at radius 3 is 1.09 bits per heavy atom. The lowest BCUT2D eigenvalue weighted by atomic mass is 10.1. The van der Waals surface area contributed by atoms with Crippen LogP contribution in [-0.2, 0) is 13.1 Å². The maximum atomic E-state index is 2.27. The van der Waals surface area contributed by atoms with E-state index >= 15 is 0 Å². The first-order valence-corrected chi connectivity index (χ1v) is 7.83. The minimum atomic E-state index is 0. The fraction of sp³-hybridized carbons (Fsp3) is 0.444. The molecule has 2 rings (SSSR count). The number of pyridine rings is 2. The molecule has 2 nitrogen and oxygen atoms in total. The Hall–Kier alpha value is -0.740. The van der Waals surface area contributed by atoms with E-state index in [1.54, 1.807) is 0 Å². The smallest absolute Gasteiger partial charge is 0.168 e. The van der Waals surface area contributed by atoms with Crippen molar-refractivity contribution in [2.24, 2.45) is 0 Å². The fourth-order valence-corrected chi connectivity index (χ4v) is 2.46. The number of hydrogen-bond acceptors (Lipinski definition) is 0. The lowest BCUT2D eigenvalue weighted by molar-refractivity contribution is -0.697. The lowest BCUT2D eigenvalue weighted by Crippen LogP contribution is -3.00. The van der Waals surface area contributed by atoms with E-state index in [2.05, 4.69) is 70.3 Å². The molecule has 0 aliphatic heterocycles. The van der Waals surface area contributed by atoms with Gasteiger partial charge in [-0.15, -0.1) is 0 Å². The van der Waals surface area contributed by atoms with Gasteiger partial charge >= 0.3 is 0 Å². The quantitative estimate of drug-likeness (QED) is 0.303. The van der Waals surface area contributed by atoms with E-state index < -0.39 is 0 Å². The van der Waals surface area contributed by atoms with Gasteiger partial charge in [-0.05, 0) is 12.8 Å². The van der Waals surface area contributed by atoms with Crippen LogP contribution in [0.15, 0.2) is 61.2 Å². The molecule has 0 amide bonds. The van der Waals surface area contributed by atoms with Crippen LogP contribution in [0.1, 0.15) is 38.5 Å². The number of hydrogen-bond donors (Lipinski definition) is 0. The Morgan fingerprint density at radius 2 is 0.727 bits per heavy atom. The summed E-state index contributed by atoms with van der Waals surface area (Å²) in [5, 5.41) is 0. The minimum Gasteiger partial charge on any atom is -1.00 e. The second-order valence-corrected chi connectivity index (χ2v) is 5.35. The molecule has 0 unspecified atom stereocenters. The second-order valence-electron chi connectivity index (χ2n) is 5.35. The van der Waals surface area contributed by atoms with Gasteiger partial charge in [0.15, 0.2) is 24.8 Å². The molecule has 0 aliphatic rings. The average Bonchev–Trinajstić information content (AvgIpc) is 2.52. The Bertz CT molecular complexity index is 418. The zero-order valence-electron chi connectivity index (χ0n) is 13.1. The maximum absolute atomic E-state index is 2.27. The van der Waals surface area contributed by atoms with E-state index in [1.807, 2.05) is 0 Å². The first-order valence-electron chi connectivity index (χ1n) is 7.83. The van der Waals surface area contributed by atoms with Crippen molar-refractivity contribution in [1.29, 1.82) is 0 Å². The molecule has 2 aromatic heterocycles. The van der Waals surface area contributed by atoms with Crippen molar-refractivity contribution in [1.82, 2.24) is 0 Å². The van der Waals surface area contributed by atoms with E-state index in [0.717, 1.165) is 13.1 Å². The highest BCUT2D eigenvalue weighted by molar-refractivity contribution is 4.84. The van der Waals surface area contributed by atoms with Gasteiger partial charge in [0.1, 0.15) is 13.1 Å². The molecule has 0 spiro atoms. The first kappa shape index (κ1) is 21.3. The topological polar surface area (TPSA) is 7.76 Å². The molecule has 0 saturated carbocycles. The van der Waals surface area contributed by atoms with Gasteiger partial charge in [0.05, 0.1) is 0 Å². The minimum absolute atomic E-state index is 0. The van der Waals surface area contributed by atoms with E-state index in [1.165, 1.54) is 38.5 Å². The van der Waals surface area contributed by atoms with Crippen molar-refractivity contribution in [2.75, 3.05) is 0 Å². The van der Waals surface area contributed by atoms with Crippen molar-refractivity contribution < 1.29 is 43.1 Å². The van der Waals surface area contributed by atoms with Crippen molar-refractivity contribution >= 4 is 0 Å². The van der Waals surface area contributed by atoms with Crippen LogP contribution in [0.25, 0.3) is 0 Å². The van der Waals surface area contributed by atoms with Gasteiger partial charge < -0.3 is 34.0 Å². The molecule has 0 fully saturated rings. The summed E-state index contributed by atoms with van der Waals surface area (Å²) < 4.78 is 4.54. The van der Waals surface area contributed by atoms with Crippen molar-refractivity contribution in [2.45, 2.75) is 51.6 Å². The van der Waals surface area contributed by atoms with Crippen molar-refractivity contribution in [3.05, 3.63) is 61.2 Å². The molecule has 2 aromatic rings. The standard InChI is InChI=1S/C18H26N2.2BrH/c1(3-7-13-19-15-9-5-10-16-19)2-4-8-14-20-17-11-6-12-18-20;;/h5-6,9-12,15-18H,1-4,7-8,13-14H2;2*1H/q+2;;/p-2. The number of aromatic nitrogens is 2. The summed E-state index contributed by atoms with van der Waals surface area (Å²) >= 11 is 0. The molecule has 0 aliphatic carbocycles. The normalized spacial score (nSPS) is 9.64. The van der Waals surface area contributed by atoms with Crippen LogP contribution in [0.2, 0.25) is 0 Å². The highest BCUT2D eigenvalue weighted by Crippen LogP contribution is 2.05. The van der Waals surface area contributed by atoms with Gasteiger partial charge in [-0.2, -0.15) is 0 Å².